The average molecular weight is 248 g/mol. The van der Waals surface area contributed by atoms with Crippen molar-refractivity contribution in [3.63, 3.8) is 0 Å². The van der Waals surface area contributed by atoms with Crippen LogP contribution in [0.25, 0.3) is 0 Å². The zero-order valence-corrected chi connectivity index (χ0v) is 9.80. The highest BCUT2D eigenvalue weighted by Crippen LogP contribution is 2.20. The molecule has 1 N–H and O–H groups in total. The number of rotatable bonds is 4. The van der Waals surface area contributed by atoms with Crippen LogP contribution >= 0.6 is 0 Å². The van der Waals surface area contributed by atoms with Crippen molar-refractivity contribution in [3.05, 3.63) is 35.4 Å². The van der Waals surface area contributed by atoms with Crippen LogP contribution < -0.4 is 5.43 Å². The van der Waals surface area contributed by atoms with Gasteiger partial charge in [0, 0.05) is 0 Å². The van der Waals surface area contributed by atoms with Crippen molar-refractivity contribution in [2.75, 3.05) is 13.2 Å². The van der Waals surface area contributed by atoms with Crippen molar-refractivity contribution < 1.29 is 19.1 Å². The van der Waals surface area contributed by atoms with Gasteiger partial charge in [0.25, 0.3) is 11.8 Å². The number of carbonyl (C=O) groups excluding carboxylic acids is 3. The molecule has 0 saturated heterocycles. The lowest BCUT2D eigenvalue weighted by atomic mass is 10.1. The van der Waals surface area contributed by atoms with Crippen LogP contribution in [0, 0.1) is 0 Å². The third-order valence-electron chi connectivity index (χ3n) is 2.48. The number of amides is 2. The Balaban J connectivity index is 2.07. The van der Waals surface area contributed by atoms with Gasteiger partial charge in [0.2, 0.25) is 0 Å². The van der Waals surface area contributed by atoms with Gasteiger partial charge in [-0.3, -0.25) is 14.4 Å². The van der Waals surface area contributed by atoms with Gasteiger partial charge in [-0.15, -0.1) is 0 Å². The van der Waals surface area contributed by atoms with Crippen molar-refractivity contribution in [2.45, 2.75) is 6.92 Å². The number of fused-ring (bicyclic) bond motifs is 1. The van der Waals surface area contributed by atoms with Gasteiger partial charge in [0.1, 0.15) is 6.54 Å². The van der Waals surface area contributed by atoms with Crippen molar-refractivity contribution >= 4 is 17.8 Å². The molecule has 6 nitrogen and oxygen atoms in total. The monoisotopic (exact) mass is 248 g/mol. The van der Waals surface area contributed by atoms with E-state index in [4.69, 9.17) is 4.74 Å². The first-order chi connectivity index (χ1) is 8.65. The minimum absolute atomic E-state index is 0.223. The lowest BCUT2D eigenvalue weighted by Gasteiger charge is -2.14. The van der Waals surface area contributed by atoms with E-state index in [9.17, 15) is 14.4 Å². The van der Waals surface area contributed by atoms with E-state index in [0.717, 1.165) is 5.01 Å². The minimum Gasteiger partial charge on any atom is -0.465 e. The zero-order valence-electron chi connectivity index (χ0n) is 9.80. The first-order valence-corrected chi connectivity index (χ1v) is 5.52. The minimum atomic E-state index is -0.519. The molecule has 0 spiro atoms. The summed E-state index contributed by atoms with van der Waals surface area (Å²) in [7, 11) is 0. The van der Waals surface area contributed by atoms with Crippen LogP contribution in [0.3, 0.4) is 0 Å². The second-order valence-corrected chi connectivity index (χ2v) is 3.63. The second kappa shape index (κ2) is 4.97. The molecule has 0 aliphatic carbocycles. The van der Waals surface area contributed by atoms with Crippen LogP contribution in [-0.2, 0) is 9.53 Å². The number of nitrogens with one attached hydrogen (secondary N) is 1. The number of hydrogen-bond acceptors (Lipinski definition) is 5. The molecule has 1 aromatic rings. The van der Waals surface area contributed by atoms with Gasteiger partial charge in [-0.1, -0.05) is 12.1 Å². The maximum absolute atomic E-state index is 11.9. The SMILES string of the molecule is CCOC(=O)CNN1C(=O)c2ccccc2C1=O. The molecule has 0 fully saturated rings. The first-order valence-electron chi connectivity index (χ1n) is 5.52. The van der Waals surface area contributed by atoms with Crippen LogP contribution in [0.2, 0.25) is 0 Å². The van der Waals surface area contributed by atoms with Gasteiger partial charge in [-0.25, -0.2) is 10.4 Å². The first kappa shape index (κ1) is 12.3. The van der Waals surface area contributed by atoms with Gasteiger partial charge < -0.3 is 4.74 Å². The highest BCUT2D eigenvalue weighted by Gasteiger charge is 2.35. The quantitative estimate of drug-likeness (QED) is 0.614. The number of nitrogens with zero attached hydrogens (tertiary/aromatic N) is 1. The lowest BCUT2D eigenvalue weighted by molar-refractivity contribution is -0.142. The van der Waals surface area contributed by atoms with Crippen molar-refractivity contribution in [1.82, 2.24) is 10.4 Å². The fraction of sp³-hybridized carbons (Fsp3) is 0.250. The van der Waals surface area contributed by atoms with Crippen LogP contribution in [0.15, 0.2) is 24.3 Å². The van der Waals surface area contributed by atoms with E-state index >= 15 is 0 Å². The largest absolute Gasteiger partial charge is 0.465 e. The van der Waals surface area contributed by atoms with E-state index in [1.807, 2.05) is 0 Å². The highest BCUT2D eigenvalue weighted by molar-refractivity contribution is 6.21. The molecule has 0 unspecified atom stereocenters. The number of ether oxygens (including phenoxy) is 1. The summed E-state index contributed by atoms with van der Waals surface area (Å²) in [5.74, 6) is -1.44. The molecule has 0 saturated carbocycles. The molecule has 0 bridgehead atoms. The number of esters is 1. The molecule has 0 aromatic heterocycles. The maximum atomic E-state index is 11.9. The van der Waals surface area contributed by atoms with Gasteiger partial charge >= 0.3 is 5.97 Å². The molecule has 1 aliphatic heterocycles. The van der Waals surface area contributed by atoms with E-state index in [1.54, 1.807) is 31.2 Å². The highest BCUT2D eigenvalue weighted by atomic mass is 16.5. The van der Waals surface area contributed by atoms with Crippen molar-refractivity contribution in [3.8, 4) is 0 Å². The number of hydrogen-bond donors (Lipinski definition) is 1. The van der Waals surface area contributed by atoms with E-state index < -0.39 is 17.8 Å². The number of imide groups is 1. The topological polar surface area (TPSA) is 75.7 Å². The summed E-state index contributed by atoms with van der Waals surface area (Å²) in [6.07, 6.45) is 0. The summed E-state index contributed by atoms with van der Waals surface area (Å²) in [6, 6.07) is 6.50. The molecule has 6 heteroatoms. The number of hydrazine groups is 1. The van der Waals surface area contributed by atoms with Crippen LogP contribution in [0.5, 0.6) is 0 Å². The lowest BCUT2D eigenvalue weighted by Crippen LogP contribution is -2.45. The summed E-state index contributed by atoms with van der Waals surface area (Å²) in [6.45, 7) is 1.71. The third kappa shape index (κ3) is 2.10. The molecule has 1 aliphatic rings. The molecular formula is C12H12N2O4. The fourth-order valence-corrected chi connectivity index (χ4v) is 1.69. The molecule has 2 amide bonds. The number of carbonyl (C=O) groups is 3. The average Bonchev–Trinajstić information content (AvgIpc) is 2.61. The zero-order chi connectivity index (χ0) is 13.1. The van der Waals surface area contributed by atoms with E-state index in [0.29, 0.717) is 11.1 Å². The molecule has 94 valence electrons. The van der Waals surface area contributed by atoms with Crippen LogP contribution in [0.1, 0.15) is 27.6 Å². The Morgan fingerprint density at radius 2 is 1.78 bits per heavy atom. The van der Waals surface area contributed by atoms with Crippen molar-refractivity contribution in [2.24, 2.45) is 0 Å². The molecule has 18 heavy (non-hydrogen) atoms. The molecule has 1 heterocycles. The summed E-state index contributed by atoms with van der Waals surface area (Å²) in [5.41, 5.74) is 3.14. The Morgan fingerprint density at radius 1 is 1.22 bits per heavy atom. The fourth-order valence-electron chi connectivity index (χ4n) is 1.69. The van der Waals surface area contributed by atoms with Crippen molar-refractivity contribution in [1.29, 1.82) is 0 Å². The Labute approximate surface area is 103 Å². The molecule has 0 atom stereocenters. The number of benzene rings is 1. The smallest absolute Gasteiger partial charge is 0.321 e. The summed E-state index contributed by atoms with van der Waals surface area (Å²) in [4.78, 5) is 34.9. The third-order valence-corrected chi connectivity index (χ3v) is 2.48. The Kier molecular flexibility index (Phi) is 3.38. The maximum Gasteiger partial charge on any atom is 0.321 e. The second-order valence-electron chi connectivity index (χ2n) is 3.63. The van der Waals surface area contributed by atoms with Gasteiger partial charge in [0.05, 0.1) is 17.7 Å². The molecule has 0 radical (unpaired) electrons. The van der Waals surface area contributed by atoms with Gasteiger partial charge in [0.15, 0.2) is 0 Å². The predicted octanol–water partition coefficient (Wildman–Crippen LogP) is 0.350. The normalized spacial score (nSPS) is 13.7. The van der Waals surface area contributed by atoms with E-state index in [-0.39, 0.29) is 13.2 Å². The van der Waals surface area contributed by atoms with Crippen LogP contribution in [-0.4, -0.2) is 35.9 Å². The summed E-state index contributed by atoms with van der Waals surface area (Å²) >= 11 is 0. The summed E-state index contributed by atoms with van der Waals surface area (Å²) in [5, 5.41) is 0.835. The predicted molar refractivity (Wildman–Crippen MR) is 61.6 cm³/mol. The Hall–Kier alpha value is -2.21. The molecule has 1 aromatic carbocycles. The Bertz CT molecular complexity index is 478. The standard InChI is InChI=1S/C12H12N2O4/c1-2-18-10(15)7-13-14-11(16)8-5-3-4-6-9(8)12(14)17/h3-6,13H,2,7H2,1H3. The Morgan fingerprint density at radius 3 is 2.28 bits per heavy atom. The molecule has 2 rings (SSSR count). The van der Waals surface area contributed by atoms with Crippen LogP contribution in [0.4, 0.5) is 0 Å². The van der Waals surface area contributed by atoms with Gasteiger partial charge in [-0.2, -0.15) is 0 Å². The van der Waals surface area contributed by atoms with E-state index in [1.165, 1.54) is 0 Å². The molecular weight excluding hydrogens is 236 g/mol. The van der Waals surface area contributed by atoms with E-state index in [2.05, 4.69) is 5.43 Å². The van der Waals surface area contributed by atoms with Gasteiger partial charge in [-0.05, 0) is 19.1 Å². The summed E-state index contributed by atoms with van der Waals surface area (Å²) < 4.78 is 4.70.